The summed E-state index contributed by atoms with van der Waals surface area (Å²) >= 11 is 1.91. The Hall–Kier alpha value is -8.23. The normalized spacial score (nSPS) is 14.3. The Bertz CT molecular complexity index is 3670. The largest absolute Gasteiger partial charge is 0.456 e. The Morgan fingerprint density at radius 3 is 1.70 bits per heavy atom. The number of hydrogen-bond donors (Lipinski definition) is 0. The van der Waals surface area contributed by atoms with E-state index < -0.39 is 5.41 Å². The first-order chi connectivity index (χ1) is 31.7. The Morgan fingerprint density at radius 2 is 0.969 bits per heavy atom. The molecule has 0 bridgehead atoms. The maximum absolute atomic E-state index is 9.45. The zero-order valence-corrected chi connectivity index (χ0v) is 35.3. The van der Waals surface area contributed by atoms with Gasteiger partial charge in [-0.3, -0.25) is 0 Å². The molecule has 9 aromatic carbocycles. The van der Waals surface area contributed by atoms with Crippen molar-refractivity contribution in [2.45, 2.75) is 5.41 Å². The second-order valence-corrected chi connectivity index (χ2v) is 17.7. The van der Waals surface area contributed by atoms with Crippen molar-refractivity contribution in [1.82, 2.24) is 0 Å². The summed E-state index contributed by atoms with van der Waals surface area (Å²) in [5.41, 5.74) is 19.8. The van der Waals surface area contributed by atoms with Gasteiger partial charge in [-0.15, -0.1) is 11.3 Å². The summed E-state index contributed by atoms with van der Waals surface area (Å²) in [7, 11) is 0. The van der Waals surface area contributed by atoms with Gasteiger partial charge in [-0.2, -0.15) is 5.26 Å². The van der Waals surface area contributed by atoms with Gasteiger partial charge in [-0.25, -0.2) is 0 Å². The summed E-state index contributed by atoms with van der Waals surface area (Å²) in [6.45, 7) is 0. The Morgan fingerprint density at radius 1 is 0.422 bits per heavy atom. The molecule has 11 aromatic rings. The van der Waals surface area contributed by atoms with Crippen molar-refractivity contribution < 1.29 is 4.42 Å². The highest BCUT2D eigenvalue weighted by Gasteiger charge is 2.54. The number of thiophene rings is 1. The molecule has 0 saturated carbocycles. The van der Waals surface area contributed by atoms with Crippen LogP contribution in [0.5, 0.6) is 0 Å². The zero-order chi connectivity index (χ0) is 42.4. The van der Waals surface area contributed by atoms with E-state index in [4.69, 9.17) is 4.42 Å². The van der Waals surface area contributed by atoms with Gasteiger partial charge in [0.25, 0.3) is 0 Å². The number of rotatable bonds is 6. The van der Waals surface area contributed by atoms with E-state index in [0.29, 0.717) is 5.56 Å². The molecule has 2 heterocycles. The Labute approximate surface area is 375 Å². The summed E-state index contributed by atoms with van der Waals surface area (Å²) in [6, 6.07) is 80.9. The minimum Gasteiger partial charge on any atom is -0.456 e. The van der Waals surface area contributed by atoms with Crippen LogP contribution in [0.25, 0.3) is 76.2 Å². The zero-order valence-electron chi connectivity index (χ0n) is 34.5. The number of furan rings is 1. The monoisotopic (exact) mass is 832 g/mol. The molecule has 2 aromatic heterocycles. The molecule has 0 amide bonds. The quantitative estimate of drug-likeness (QED) is 0.168. The molecule has 0 saturated heterocycles. The molecule has 2 aliphatic carbocycles. The molecule has 0 radical (unpaired) electrons. The highest BCUT2D eigenvalue weighted by Crippen LogP contribution is 2.68. The average Bonchev–Trinajstić information content (AvgIpc) is 4.10. The smallest absolute Gasteiger partial charge is 0.137 e. The van der Waals surface area contributed by atoms with E-state index >= 15 is 0 Å². The van der Waals surface area contributed by atoms with Gasteiger partial charge in [0.2, 0.25) is 0 Å². The molecule has 0 aliphatic heterocycles. The van der Waals surface area contributed by atoms with Gasteiger partial charge in [0.15, 0.2) is 0 Å². The maximum atomic E-state index is 9.45. The van der Waals surface area contributed by atoms with Gasteiger partial charge in [-0.05, 0) is 116 Å². The number of para-hydroxylation sites is 1. The molecule has 1 spiro atoms. The molecule has 3 nitrogen and oxygen atoms in total. The van der Waals surface area contributed by atoms with Gasteiger partial charge in [0, 0.05) is 49.2 Å². The van der Waals surface area contributed by atoms with Crippen molar-refractivity contribution in [3.8, 4) is 60.3 Å². The molecule has 64 heavy (non-hydrogen) atoms. The molecule has 1 unspecified atom stereocenters. The molecule has 0 N–H and O–H groups in total. The number of nitriles is 1. The fourth-order valence-corrected chi connectivity index (χ4v) is 12.0. The molecular formula is C60H36N2OS. The fraction of sp³-hybridized carbons (Fsp3) is 0.0167. The highest BCUT2D eigenvalue weighted by molar-refractivity contribution is 7.19. The molecule has 0 fully saturated rings. The third kappa shape index (κ3) is 5.26. The van der Waals surface area contributed by atoms with E-state index in [-0.39, 0.29) is 0 Å². The van der Waals surface area contributed by atoms with Gasteiger partial charge in [0.05, 0.1) is 17.0 Å². The van der Waals surface area contributed by atoms with Gasteiger partial charge < -0.3 is 9.32 Å². The van der Waals surface area contributed by atoms with E-state index in [1.165, 1.54) is 65.4 Å². The lowest BCUT2D eigenvalue weighted by Crippen LogP contribution is -2.26. The lowest BCUT2D eigenvalue weighted by molar-refractivity contribution is 0.669. The van der Waals surface area contributed by atoms with E-state index in [0.717, 1.165) is 50.1 Å². The molecule has 13 rings (SSSR count). The minimum atomic E-state index is -0.587. The lowest BCUT2D eigenvalue weighted by Gasteiger charge is -2.32. The number of hydrogen-bond acceptors (Lipinski definition) is 4. The predicted molar refractivity (Wildman–Crippen MR) is 264 cm³/mol. The molecule has 2 aliphatic rings. The summed E-state index contributed by atoms with van der Waals surface area (Å²) < 4.78 is 6.53. The summed E-state index contributed by atoms with van der Waals surface area (Å²) in [5, 5.41) is 11.6. The van der Waals surface area contributed by atoms with Crippen molar-refractivity contribution in [1.29, 1.82) is 5.26 Å². The van der Waals surface area contributed by atoms with Crippen LogP contribution >= 0.6 is 11.3 Å². The van der Waals surface area contributed by atoms with Crippen LogP contribution in [-0.2, 0) is 5.41 Å². The Balaban J connectivity index is 1.08. The highest BCUT2D eigenvalue weighted by atomic mass is 32.1. The van der Waals surface area contributed by atoms with E-state index in [1.54, 1.807) is 0 Å². The predicted octanol–water partition coefficient (Wildman–Crippen LogP) is 16.3. The second kappa shape index (κ2) is 14.2. The number of nitrogens with zero attached hydrogens (tertiary/aromatic N) is 2. The van der Waals surface area contributed by atoms with Crippen LogP contribution in [0.3, 0.4) is 0 Å². The van der Waals surface area contributed by atoms with Gasteiger partial charge in [0.1, 0.15) is 11.2 Å². The molecular weight excluding hydrogens is 797 g/mol. The topological polar surface area (TPSA) is 40.2 Å². The summed E-state index contributed by atoms with van der Waals surface area (Å²) in [5.74, 6) is 0. The van der Waals surface area contributed by atoms with Crippen molar-refractivity contribution >= 4 is 50.3 Å². The minimum absolute atomic E-state index is 0.587. The summed E-state index contributed by atoms with van der Waals surface area (Å²) in [6.07, 6.45) is 0. The van der Waals surface area contributed by atoms with Crippen LogP contribution in [0.2, 0.25) is 0 Å². The van der Waals surface area contributed by atoms with Crippen LogP contribution in [-0.4, -0.2) is 0 Å². The first-order valence-electron chi connectivity index (χ1n) is 21.6. The van der Waals surface area contributed by atoms with Crippen LogP contribution in [0.1, 0.15) is 27.8 Å². The van der Waals surface area contributed by atoms with E-state index in [9.17, 15) is 5.26 Å². The van der Waals surface area contributed by atoms with Crippen molar-refractivity contribution in [3.05, 3.63) is 246 Å². The Kier molecular flexibility index (Phi) is 8.06. The lowest BCUT2D eigenvalue weighted by atomic mass is 9.70. The maximum Gasteiger partial charge on any atom is 0.137 e. The van der Waals surface area contributed by atoms with Crippen LogP contribution < -0.4 is 4.90 Å². The molecule has 1 atom stereocenters. The van der Waals surface area contributed by atoms with Gasteiger partial charge in [-0.1, -0.05) is 158 Å². The summed E-state index contributed by atoms with van der Waals surface area (Å²) in [4.78, 5) is 4.96. The second-order valence-electron chi connectivity index (χ2n) is 16.7. The van der Waals surface area contributed by atoms with Crippen molar-refractivity contribution in [3.63, 3.8) is 0 Å². The third-order valence-corrected chi connectivity index (χ3v) is 14.6. The van der Waals surface area contributed by atoms with E-state index in [1.807, 2.05) is 47.7 Å². The van der Waals surface area contributed by atoms with Crippen LogP contribution in [0.4, 0.5) is 17.1 Å². The molecule has 4 heteroatoms. The van der Waals surface area contributed by atoms with Crippen LogP contribution in [0.15, 0.2) is 223 Å². The average molecular weight is 833 g/mol. The molecule has 298 valence electrons. The van der Waals surface area contributed by atoms with Crippen LogP contribution in [0, 0.1) is 11.3 Å². The SMILES string of the molecule is N#Cc1ccc(-c2ccc(N(c3ccc4c(c3)C3(c5ccccc5-4)c4ccccc4-c4c(-c5ccccc5)sc(-c5ccccc5)c43)c3ccc4c(c3)oc3ccccc34)cc2)cc1. The number of benzene rings is 9. The first-order valence-corrected chi connectivity index (χ1v) is 22.4. The van der Waals surface area contributed by atoms with Crippen molar-refractivity contribution in [2.24, 2.45) is 0 Å². The van der Waals surface area contributed by atoms with Crippen molar-refractivity contribution in [2.75, 3.05) is 4.90 Å². The first kappa shape index (κ1) is 36.4. The standard InChI is InChI=1S/C60H36N2OS/c61-37-38-23-25-39(26-24-38)40-27-29-43(30-28-40)62(45-32-34-49-48-18-9-12-22-54(48)63-55(49)36-45)44-31-33-47-46-17-7-10-20-51(46)60(53(47)35-44)52-21-11-8-19-50(52)56-57(60)59(42-15-5-2-6-16-42)64-58(56)41-13-3-1-4-14-41/h1-36H. The third-order valence-electron chi connectivity index (χ3n) is 13.3. The van der Waals surface area contributed by atoms with E-state index in [2.05, 4.69) is 193 Å². The van der Waals surface area contributed by atoms with Gasteiger partial charge >= 0.3 is 0 Å². The number of fused-ring (bicyclic) bond motifs is 13. The number of anilines is 3. The fourth-order valence-electron chi connectivity index (χ4n) is 10.6.